The number of carbonyl (C=O) groups is 2. The van der Waals surface area contributed by atoms with Crippen LogP contribution in [0.15, 0.2) is 18.2 Å². The van der Waals surface area contributed by atoms with Gasteiger partial charge in [0.25, 0.3) is 0 Å². The molecule has 2 amide bonds. The molecule has 0 saturated heterocycles. The highest BCUT2D eigenvalue weighted by Gasteiger charge is 2.33. The van der Waals surface area contributed by atoms with E-state index in [-0.39, 0.29) is 23.1 Å². The number of hydrogen-bond acceptors (Lipinski definition) is 2. The van der Waals surface area contributed by atoms with E-state index in [2.05, 4.69) is 10.6 Å². The van der Waals surface area contributed by atoms with Crippen LogP contribution in [0.4, 0.5) is 18.9 Å². The topological polar surface area (TPSA) is 58.2 Å². The van der Waals surface area contributed by atoms with Crippen LogP contribution in [0.3, 0.4) is 0 Å². The van der Waals surface area contributed by atoms with Gasteiger partial charge in [-0.3, -0.25) is 9.59 Å². The van der Waals surface area contributed by atoms with Gasteiger partial charge in [-0.25, -0.2) is 0 Å². The Kier molecular flexibility index (Phi) is 5.57. The number of carbonyl (C=O) groups excluding carboxylic acids is 2. The third kappa shape index (κ3) is 4.75. The lowest BCUT2D eigenvalue weighted by Gasteiger charge is -2.21. The Hall–Kier alpha value is -2.05. The molecule has 0 heterocycles. The van der Waals surface area contributed by atoms with Gasteiger partial charge in [-0.05, 0) is 30.5 Å². The van der Waals surface area contributed by atoms with Crippen molar-refractivity contribution in [2.45, 2.75) is 39.9 Å². The summed E-state index contributed by atoms with van der Waals surface area (Å²) in [6, 6.07) is 2.76. The number of anilines is 1. The molecule has 0 bridgehead atoms. The van der Waals surface area contributed by atoms with E-state index in [0.717, 1.165) is 6.07 Å². The molecule has 0 aliphatic rings. The van der Waals surface area contributed by atoms with Crippen molar-refractivity contribution in [3.8, 4) is 0 Å². The lowest BCUT2D eigenvalue weighted by Crippen LogP contribution is -2.46. The Morgan fingerprint density at radius 3 is 2.23 bits per heavy atom. The predicted octanol–water partition coefficient (Wildman–Crippen LogP) is 3.11. The number of rotatable bonds is 4. The minimum absolute atomic E-state index is 0.0407. The van der Waals surface area contributed by atoms with Crippen molar-refractivity contribution in [3.05, 3.63) is 29.3 Å². The first kappa shape index (κ1) is 18.0. The molecule has 7 heteroatoms. The molecular weight excluding hydrogens is 297 g/mol. The van der Waals surface area contributed by atoms with E-state index in [1.54, 1.807) is 13.8 Å². The highest BCUT2D eigenvalue weighted by Crippen LogP contribution is 2.33. The zero-order valence-electron chi connectivity index (χ0n) is 12.8. The molecule has 0 saturated carbocycles. The number of halogens is 3. The van der Waals surface area contributed by atoms with E-state index in [1.165, 1.54) is 26.0 Å². The zero-order valence-corrected chi connectivity index (χ0v) is 12.8. The molecule has 0 fully saturated rings. The number of aryl methyl sites for hydroxylation is 1. The number of amides is 2. The van der Waals surface area contributed by atoms with Crippen molar-refractivity contribution in [1.29, 1.82) is 0 Å². The van der Waals surface area contributed by atoms with Gasteiger partial charge in [0.15, 0.2) is 0 Å². The first-order chi connectivity index (χ1) is 10.0. The Labute approximate surface area is 127 Å². The van der Waals surface area contributed by atoms with E-state index in [0.29, 0.717) is 0 Å². The second-order valence-corrected chi connectivity index (χ2v) is 5.44. The molecule has 1 unspecified atom stereocenters. The van der Waals surface area contributed by atoms with Crippen LogP contribution in [0.25, 0.3) is 0 Å². The lowest BCUT2D eigenvalue weighted by atomic mass is 10.0. The summed E-state index contributed by atoms with van der Waals surface area (Å²) in [4.78, 5) is 23.2. The fourth-order valence-electron chi connectivity index (χ4n) is 1.98. The van der Waals surface area contributed by atoms with E-state index in [4.69, 9.17) is 0 Å². The molecule has 1 aromatic rings. The van der Waals surface area contributed by atoms with Crippen LogP contribution in [0.1, 0.15) is 31.9 Å². The second kappa shape index (κ2) is 6.81. The maximum Gasteiger partial charge on any atom is 0.416 e. The van der Waals surface area contributed by atoms with Gasteiger partial charge < -0.3 is 10.6 Å². The molecular formula is C15H19F3N2O2. The van der Waals surface area contributed by atoms with E-state index >= 15 is 0 Å². The van der Waals surface area contributed by atoms with E-state index in [9.17, 15) is 22.8 Å². The third-order valence-electron chi connectivity index (χ3n) is 3.12. The summed E-state index contributed by atoms with van der Waals surface area (Å²) < 4.78 is 38.6. The van der Waals surface area contributed by atoms with E-state index in [1.807, 2.05) is 0 Å². The summed E-state index contributed by atoms with van der Waals surface area (Å²) in [5, 5.41) is 4.90. The Balaban J connectivity index is 2.99. The van der Waals surface area contributed by atoms with Crippen molar-refractivity contribution >= 4 is 17.5 Å². The summed E-state index contributed by atoms with van der Waals surface area (Å²) in [5.74, 6) is -1.13. The summed E-state index contributed by atoms with van der Waals surface area (Å²) >= 11 is 0. The predicted molar refractivity (Wildman–Crippen MR) is 77.3 cm³/mol. The fraction of sp³-hybridized carbons (Fsp3) is 0.467. The third-order valence-corrected chi connectivity index (χ3v) is 3.12. The summed E-state index contributed by atoms with van der Waals surface area (Å²) in [7, 11) is 0. The molecule has 4 nitrogen and oxygen atoms in total. The van der Waals surface area contributed by atoms with Gasteiger partial charge in [0.05, 0.1) is 5.56 Å². The van der Waals surface area contributed by atoms with Crippen molar-refractivity contribution in [1.82, 2.24) is 5.32 Å². The molecule has 1 atom stereocenters. The number of nitrogens with one attached hydrogen (secondary N) is 2. The normalized spacial score (nSPS) is 12.9. The smallest absolute Gasteiger partial charge is 0.344 e. The van der Waals surface area contributed by atoms with Crippen LogP contribution in [-0.4, -0.2) is 17.9 Å². The lowest BCUT2D eigenvalue weighted by molar-refractivity contribution is -0.138. The molecule has 1 aromatic carbocycles. The minimum Gasteiger partial charge on any atom is -0.344 e. The molecule has 22 heavy (non-hydrogen) atoms. The van der Waals surface area contributed by atoms with Crippen LogP contribution < -0.4 is 10.6 Å². The molecule has 0 spiro atoms. The first-order valence-corrected chi connectivity index (χ1v) is 6.78. The van der Waals surface area contributed by atoms with Crippen LogP contribution in [0.5, 0.6) is 0 Å². The molecule has 0 aromatic heterocycles. The molecule has 0 aliphatic carbocycles. The van der Waals surface area contributed by atoms with E-state index < -0.39 is 23.7 Å². The average molecular weight is 316 g/mol. The highest BCUT2D eigenvalue weighted by atomic mass is 19.4. The van der Waals surface area contributed by atoms with Crippen LogP contribution in [0, 0.1) is 12.8 Å². The zero-order chi connectivity index (χ0) is 17.1. The van der Waals surface area contributed by atoms with Crippen molar-refractivity contribution in [2.75, 3.05) is 5.32 Å². The van der Waals surface area contributed by atoms with Crippen LogP contribution in [-0.2, 0) is 15.8 Å². The number of benzene rings is 1. The van der Waals surface area contributed by atoms with Gasteiger partial charge >= 0.3 is 6.18 Å². The Bertz CT molecular complexity index is 568. The number of alkyl halides is 3. The summed E-state index contributed by atoms with van der Waals surface area (Å²) in [6.45, 7) is 6.09. The van der Waals surface area contributed by atoms with Crippen molar-refractivity contribution in [3.63, 3.8) is 0 Å². The standard InChI is InChI=1S/C15H19F3N2O2/c1-8(2)13(19-10(4)21)14(22)20-11-6-5-9(3)12(7-11)15(16,17)18/h5-8,13H,1-4H3,(H,19,21)(H,20,22). The second-order valence-electron chi connectivity index (χ2n) is 5.44. The van der Waals surface area contributed by atoms with Gasteiger partial charge in [0.1, 0.15) is 6.04 Å². The van der Waals surface area contributed by atoms with Crippen LogP contribution >= 0.6 is 0 Å². The largest absolute Gasteiger partial charge is 0.416 e. The van der Waals surface area contributed by atoms with Gasteiger partial charge in [-0.15, -0.1) is 0 Å². The molecule has 0 aliphatic heterocycles. The highest BCUT2D eigenvalue weighted by molar-refractivity contribution is 5.97. The number of hydrogen-bond donors (Lipinski definition) is 2. The van der Waals surface area contributed by atoms with Crippen molar-refractivity contribution < 1.29 is 22.8 Å². The summed E-state index contributed by atoms with van der Waals surface area (Å²) in [6.07, 6.45) is -4.49. The fourth-order valence-corrected chi connectivity index (χ4v) is 1.98. The summed E-state index contributed by atoms with van der Waals surface area (Å²) in [5.41, 5.74) is -0.683. The average Bonchev–Trinajstić information content (AvgIpc) is 2.36. The van der Waals surface area contributed by atoms with Crippen molar-refractivity contribution in [2.24, 2.45) is 5.92 Å². The SMILES string of the molecule is CC(=O)NC(C(=O)Nc1ccc(C)c(C(F)(F)F)c1)C(C)C. The maximum atomic E-state index is 12.9. The van der Waals surface area contributed by atoms with Crippen LogP contribution in [0.2, 0.25) is 0 Å². The molecule has 0 radical (unpaired) electrons. The van der Waals surface area contributed by atoms with Gasteiger partial charge in [-0.1, -0.05) is 19.9 Å². The monoisotopic (exact) mass is 316 g/mol. The van der Waals surface area contributed by atoms with Gasteiger partial charge in [-0.2, -0.15) is 13.2 Å². The van der Waals surface area contributed by atoms with Gasteiger partial charge in [0.2, 0.25) is 11.8 Å². The Morgan fingerprint density at radius 2 is 1.77 bits per heavy atom. The van der Waals surface area contributed by atoms with Gasteiger partial charge in [0, 0.05) is 12.6 Å². The minimum atomic E-state index is -4.49. The Morgan fingerprint density at radius 1 is 1.18 bits per heavy atom. The maximum absolute atomic E-state index is 12.9. The first-order valence-electron chi connectivity index (χ1n) is 6.78. The molecule has 2 N–H and O–H groups in total. The quantitative estimate of drug-likeness (QED) is 0.896. The molecule has 1 rings (SSSR count). The molecule has 122 valence electrons.